The van der Waals surface area contributed by atoms with Gasteiger partial charge in [-0.25, -0.2) is 0 Å². The van der Waals surface area contributed by atoms with Crippen molar-refractivity contribution >= 4 is 0 Å². The first-order chi connectivity index (χ1) is 11.9. The van der Waals surface area contributed by atoms with Crippen LogP contribution in [-0.2, 0) is 5.41 Å². The summed E-state index contributed by atoms with van der Waals surface area (Å²) in [5.74, 6) is 0.328. The maximum atomic E-state index is 9.64. The van der Waals surface area contributed by atoms with Gasteiger partial charge in [-0.1, -0.05) is 96.8 Å². The van der Waals surface area contributed by atoms with Crippen LogP contribution in [0.15, 0.2) is 54.6 Å². The van der Waals surface area contributed by atoms with Crippen molar-refractivity contribution in [3.63, 3.8) is 0 Å². The Morgan fingerprint density at radius 3 is 1.84 bits per heavy atom. The van der Waals surface area contributed by atoms with Crippen molar-refractivity contribution in [1.29, 1.82) is 0 Å². The van der Waals surface area contributed by atoms with E-state index in [1.54, 1.807) is 12.1 Å². The molecule has 138 valence electrons. The first-order valence-corrected chi connectivity index (χ1v) is 9.72. The predicted molar refractivity (Wildman–Crippen MR) is 110 cm³/mol. The van der Waals surface area contributed by atoms with Crippen molar-refractivity contribution in [3.05, 3.63) is 65.7 Å². The third kappa shape index (κ3) is 5.92. The fourth-order valence-electron chi connectivity index (χ4n) is 3.71. The van der Waals surface area contributed by atoms with Gasteiger partial charge < -0.3 is 5.11 Å². The minimum Gasteiger partial charge on any atom is -0.508 e. The molecule has 1 unspecified atom stereocenters. The summed E-state index contributed by atoms with van der Waals surface area (Å²) in [6.07, 6.45) is 4.84. The molecule has 0 spiro atoms. The summed E-state index contributed by atoms with van der Waals surface area (Å²) in [5.41, 5.74) is 2.84. The normalized spacial score (nSPS) is 13.5. The highest BCUT2D eigenvalue weighted by molar-refractivity contribution is 5.40. The molecule has 0 aromatic heterocycles. The summed E-state index contributed by atoms with van der Waals surface area (Å²) < 4.78 is 0. The van der Waals surface area contributed by atoms with Crippen molar-refractivity contribution in [2.75, 3.05) is 0 Å². The van der Waals surface area contributed by atoms with E-state index < -0.39 is 0 Å². The molecular formula is C24H36O. The van der Waals surface area contributed by atoms with E-state index in [0.717, 1.165) is 6.42 Å². The van der Waals surface area contributed by atoms with Crippen LogP contribution in [0.3, 0.4) is 0 Å². The van der Waals surface area contributed by atoms with Crippen molar-refractivity contribution < 1.29 is 5.11 Å². The van der Waals surface area contributed by atoms with Gasteiger partial charge in [0, 0.05) is 5.41 Å². The molecule has 25 heavy (non-hydrogen) atoms. The van der Waals surface area contributed by atoms with Crippen LogP contribution in [0.4, 0.5) is 0 Å². The van der Waals surface area contributed by atoms with Gasteiger partial charge >= 0.3 is 0 Å². The lowest BCUT2D eigenvalue weighted by Gasteiger charge is -2.39. The SMILES string of the molecule is CC.CCCCC(C)(C)CC(C)(c1ccccc1)c1ccc(O)cc1. The van der Waals surface area contributed by atoms with Gasteiger partial charge in [0.1, 0.15) is 5.75 Å². The first-order valence-electron chi connectivity index (χ1n) is 9.72. The van der Waals surface area contributed by atoms with Gasteiger partial charge in [-0.15, -0.1) is 0 Å². The quantitative estimate of drug-likeness (QED) is 0.559. The third-order valence-electron chi connectivity index (χ3n) is 4.95. The predicted octanol–water partition coefficient (Wildman–Crippen LogP) is 7.33. The van der Waals surface area contributed by atoms with E-state index in [0.29, 0.717) is 5.75 Å². The van der Waals surface area contributed by atoms with Crippen molar-refractivity contribution in [1.82, 2.24) is 0 Å². The van der Waals surface area contributed by atoms with Crippen LogP contribution in [0, 0.1) is 5.41 Å². The van der Waals surface area contributed by atoms with Crippen molar-refractivity contribution in [2.45, 2.75) is 72.6 Å². The van der Waals surface area contributed by atoms with Crippen molar-refractivity contribution in [2.24, 2.45) is 5.41 Å². The van der Waals surface area contributed by atoms with E-state index in [2.05, 4.69) is 70.2 Å². The van der Waals surface area contributed by atoms with Gasteiger partial charge in [-0.05, 0) is 41.5 Å². The van der Waals surface area contributed by atoms with Crippen LogP contribution < -0.4 is 0 Å². The van der Waals surface area contributed by atoms with E-state index in [1.807, 2.05) is 13.8 Å². The summed E-state index contributed by atoms with van der Waals surface area (Å²) in [6.45, 7) is 13.4. The zero-order chi connectivity index (χ0) is 18.9. The molecule has 0 aliphatic carbocycles. The highest BCUT2D eigenvalue weighted by Gasteiger charge is 2.35. The summed E-state index contributed by atoms with van der Waals surface area (Å²) in [4.78, 5) is 0. The van der Waals surface area contributed by atoms with Crippen LogP contribution in [0.2, 0.25) is 0 Å². The number of rotatable bonds is 7. The van der Waals surface area contributed by atoms with Gasteiger partial charge in [0.25, 0.3) is 0 Å². The monoisotopic (exact) mass is 340 g/mol. The maximum Gasteiger partial charge on any atom is 0.115 e. The van der Waals surface area contributed by atoms with Crippen LogP contribution in [0.25, 0.3) is 0 Å². The molecule has 2 aromatic carbocycles. The first kappa shape index (κ1) is 21.3. The van der Waals surface area contributed by atoms with Gasteiger partial charge in [-0.3, -0.25) is 0 Å². The molecule has 1 heteroatoms. The van der Waals surface area contributed by atoms with Gasteiger partial charge in [-0.2, -0.15) is 0 Å². The van der Waals surface area contributed by atoms with Crippen LogP contribution in [0.1, 0.15) is 78.4 Å². The average Bonchev–Trinajstić information content (AvgIpc) is 2.62. The van der Waals surface area contributed by atoms with Crippen LogP contribution in [-0.4, -0.2) is 5.11 Å². The molecular weight excluding hydrogens is 304 g/mol. The number of aromatic hydroxyl groups is 1. The smallest absolute Gasteiger partial charge is 0.115 e. The molecule has 0 radical (unpaired) electrons. The largest absolute Gasteiger partial charge is 0.508 e. The Morgan fingerprint density at radius 2 is 1.32 bits per heavy atom. The van der Waals surface area contributed by atoms with E-state index in [-0.39, 0.29) is 10.8 Å². The van der Waals surface area contributed by atoms with E-state index in [4.69, 9.17) is 0 Å². The van der Waals surface area contributed by atoms with Crippen LogP contribution >= 0.6 is 0 Å². The number of unbranched alkanes of at least 4 members (excludes halogenated alkanes) is 1. The molecule has 0 saturated heterocycles. The Labute approximate surface area is 155 Å². The molecule has 2 aromatic rings. The number of phenolic OH excluding ortho intramolecular Hbond substituents is 1. The minimum atomic E-state index is -0.0494. The molecule has 1 atom stereocenters. The standard InChI is InChI=1S/C22H30O.C2H6/c1-5-6-16-21(2,3)17-22(4,18-10-8-7-9-11-18)19-12-14-20(23)15-13-19;1-2/h7-15,23H,5-6,16-17H2,1-4H3;1-2H3. The fraction of sp³-hybridized carbons (Fsp3) is 0.500. The van der Waals surface area contributed by atoms with E-state index >= 15 is 0 Å². The topological polar surface area (TPSA) is 20.2 Å². The van der Waals surface area contributed by atoms with Crippen molar-refractivity contribution in [3.8, 4) is 5.75 Å². The number of phenols is 1. The van der Waals surface area contributed by atoms with E-state index in [1.165, 1.54) is 30.4 Å². The molecule has 0 heterocycles. The summed E-state index contributed by atoms with van der Waals surface area (Å²) >= 11 is 0. The molecule has 0 amide bonds. The summed E-state index contributed by atoms with van der Waals surface area (Å²) in [6, 6.07) is 18.5. The lowest BCUT2D eigenvalue weighted by atomic mass is 9.65. The minimum absolute atomic E-state index is 0.0494. The molecule has 0 aliphatic rings. The fourth-order valence-corrected chi connectivity index (χ4v) is 3.71. The molecule has 0 saturated carbocycles. The molecule has 2 rings (SSSR count). The molecule has 0 aliphatic heterocycles. The number of hydrogen-bond acceptors (Lipinski definition) is 1. The lowest BCUT2D eigenvalue weighted by Crippen LogP contribution is -2.31. The Hall–Kier alpha value is -1.76. The summed E-state index contributed by atoms with van der Waals surface area (Å²) in [5, 5.41) is 9.64. The average molecular weight is 341 g/mol. The second-order valence-corrected chi connectivity index (χ2v) is 7.69. The molecule has 1 nitrogen and oxygen atoms in total. The maximum absolute atomic E-state index is 9.64. The second-order valence-electron chi connectivity index (χ2n) is 7.69. The third-order valence-corrected chi connectivity index (χ3v) is 4.95. The molecule has 0 fully saturated rings. The zero-order valence-electron chi connectivity index (χ0n) is 17.0. The molecule has 0 bridgehead atoms. The Balaban J connectivity index is 0.00000151. The highest BCUT2D eigenvalue weighted by atomic mass is 16.3. The van der Waals surface area contributed by atoms with Crippen LogP contribution in [0.5, 0.6) is 5.75 Å². The van der Waals surface area contributed by atoms with Gasteiger partial charge in [0.2, 0.25) is 0 Å². The Kier molecular flexibility index (Phi) is 8.22. The Bertz CT molecular complexity index is 598. The highest BCUT2D eigenvalue weighted by Crippen LogP contribution is 2.44. The summed E-state index contributed by atoms with van der Waals surface area (Å²) in [7, 11) is 0. The number of benzene rings is 2. The Morgan fingerprint density at radius 1 is 0.800 bits per heavy atom. The van der Waals surface area contributed by atoms with E-state index in [9.17, 15) is 5.11 Å². The molecule has 1 N–H and O–H groups in total. The number of hydrogen-bond donors (Lipinski definition) is 1. The second kappa shape index (κ2) is 9.65. The van der Waals surface area contributed by atoms with Gasteiger partial charge in [0.05, 0.1) is 0 Å². The zero-order valence-corrected chi connectivity index (χ0v) is 17.0. The van der Waals surface area contributed by atoms with Gasteiger partial charge in [0.15, 0.2) is 0 Å². The lowest BCUT2D eigenvalue weighted by molar-refractivity contribution is 0.244.